The van der Waals surface area contributed by atoms with E-state index < -0.39 is 23.9 Å². The molecule has 0 bridgehead atoms. The summed E-state index contributed by atoms with van der Waals surface area (Å²) in [7, 11) is 1.45. The second kappa shape index (κ2) is 9.23. The average Bonchev–Trinajstić information content (AvgIpc) is 3.02. The fourth-order valence-electron chi connectivity index (χ4n) is 4.58. The second-order valence-corrected chi connectivity index (χ2v) is 8.34. The number of carbonyl (C=O) groups is 2. The van der Waals surface area contributed by atoms with Crippen LogP contribution < -0.4 is 5.32 Å². The number of hydrogen-bond acceptors (Lipinski definition) is 7. The maximum atomic E-state index is 12.5. The number of esters is 2. The maximum Gasteiger partial charge on any atom is 0.360 e. The first-order valence-electron chi connectivity index (χ1n) is 11.4. The van der Waals surface area contributed by atoms with Gasteiger partial charge in [0.15, 0.2) is 5.84 Å². The minimum absolute atomic E-state index is 0.346. The molecule has 2 aliphatic rings. The molecule has 0 aromatic heterocycles. The van der Waals surface area contributed by atoms with Crippen molar-refractivity contribution in [3.05, 3.63) is 84.4 Å². The molecule has 0 aliphatic carbocycles. The predicted molar refractivity (Wildman–Crippen MR) is 131 cm³/mol. The number of nitrogens with one attached hydrogen (secondary N) is 1. The summed E-state index contributed by atoms with van der Waals surface area (Å²) in [6.07, 6.45) is 2.12. The molecule has 2 aliphatic heterocycles. The van der Waals surface area contributed by atoms with Gasteiger partial charge in [0.25, 0.3) is 0 Å². The summed E-state index contributed by atoms with van der Waals surface area (Å²) in [5.74, 6) is -2.73. The summed E-state index contributed by atoms with van der Waals surface area (Å²) in [5.41, 5.74) is 2.62. The molecule has 8 heteroatoms. The van der Waals surface area contributed by atoms with Crippen LogP contribution in [0.1, 0.15) is 12.5 Å². The summed E-state index contributed by atoms with van der Waals surface area (Å²) in [4.78, 5) is 31.8. The molecular formula is C27H25N3O5. The zero-order valence-electron chi connectivity index (χ0n) is 19.4. The van der Waals surface area contributed by atoms with Crippen LogP contribution in [0.25, 0.3) is 21.9 Å². The molecule has 1 unspecified atom stereocenters. The Morgan fingerprint density at radius 2 is 1.69 bits per heavy atom. The number of oxime groups is 1. The lowest BCUT2D eigenvalue weighted by molar-refractivity contribution is -0.283. The van der Waals surface area contributed by atoms with E-state index in [1.165, 1.54) is 7.11 Å². The smallest absolute Gasteiger partial charge is 0.360 e. The van der Waals surface area contributed by atoms with Gasteiger partial charge in [-0.05, 0) is 34.9 Å². The minimum Gasteiger partial charge on any atom is -0.399 e. The van der Waals surface area contributed by atoms with Gasteiger partial charge in [0, 0.05) is 30.8 Å². The largest absolute Gasteiger partial charge is 0.399 e. The van der Waals surface area contributed by atoms with Gasteiger partial charge < -0.3 is 19.6 Å². The van der Waals surface area contributed by atoms with Crippen LogP contribution in [0, 0.1) is 0 Å². The quantitative estimate of drug-likeness (QED) is 0.271. The van der Waals surface area contributed by atoms with E-state index in [9.17, 15) is 9.59 Å². The van der Waals surface area contributed by atoms with Gasteiger partial charge in [0.1, 0.15) is 13.2 Å². The van der Waals surface area contributed by atoms with Crippen molar-refractivity contribution in [2.75, 3.05) is 20.2 Å². The van der Waals surface area contributed by atoms with E-state index in [2.05, 4.69) is 40.8 Å². The van der Waals surface area contributed by atoms with Crippen molar-refractivity contribution in [2.24, 2.45) is 5.16 Å². The second-order valence-electron chi connectivity index (χ2n) is 8.34. The molecule has 8 nitrogen and oxygen atoms in total. The minimum atomic E-state index is -1.75. The van der Waals surface area contributed by atoms with E-state index in [-0.39, 0.29) is 0 Å². The molecule has 178 valence electrons. The third kappa shape index (κ3) is 4.13. The van der Waals surface area contributed by atoms with Crippen molar-refractivity contribution in [1.82, 2.24) is 10.2 Å². The molecule has 0 saturated carbocycles. The highest BCUT2D eigenvalue weighted by Gasteiger charge is 2.54. The van der Waals surface area contributed by atoms with Gasteiger partial charge in [-0.25, -0.2) is 9.59 Å². The van der Waals surface area contributed by atoms with Crippen LogP contribution in [0.2, 0.25) is 0 Å². The highest BCUT2D eigenvalue weighted by atomic mass is 16.8. The Bertz CT molecular complexity index is 1330. The van der Waals surface area contributed by atoms with Crippen molar-refractivity contribution in [1.29, 1.82) is 0 Å². The number of rotatable bonds is 3. The van der Waals surface area contributed by atoms with Crippen molar-refractivity contribution in [3.63, 3.8) is 0 Å². The van der Waals surface area contributed by atoms with Crippen LogP contribution in [0.15, 0.2) is 84.0 Å². The first-order chi connectivity index (χ1) is 17.0. The van der Waals surface area contributed by atoms with Gasteiger partial charge in [-0.2, -0.15) is 0 Å². The zero-order valence-corrected chi connectivity index (χ0v) is 19.4. The number of ether oxygens (including phenoxy) is 2. The van der Waals surface area contributed by atoms with Crippen LogP contribution >= 0.6 is 0 Å². The van der Waals surface area contributed by atoms with Gasteiger partial charge in [-0.1, -0.05) is 65.8 Å². The lowest BCUT2D eigenvalue weighted by atomic mass is 9.95. The number of amidine groups is 1. The van der Waals surface area contributed by atoms with Crippen molar-refractivity contribution >= 4 is 28.5 Å². The molecule has 2 heterocycles. The van der Waals surface area contributed by atoms with E-state index in [1.54, 1.807) is 11.8 Å². The first-order valence-corrected chi connectivity index (χ1v) is 11.4. The Morgan fingerprint density at radius 1 is 1.00 bits per heavy atom. The number of fused-ring (bicyclic) bond motifs is 1. The average molecular weight is 472 g/mol. The van der Waals surface area contributed by atoms with Gasteiger partial charge in [-0.15, -0.1) is 0 Å². The van der Waals surface area contributed by atoms with Gasteiger partial charge >= 0.3 is 17.8 Å². The van der Waals surface area contributed by atoms with E-state index >= 15 is 0 Å². The Morgan fingerprint density at radius 3 is 2.43 bits per heavy atom. The fourth-order valence-corrected chi connectivity index (χ4v) is 4.58. The normalized spacial score (nSPS) is 19.9. The van der Waals surface area contributed by atoms with E-state index in [1.807, 2.05) is 36.4 Å². The fraction of sp³-hybridized carbons (Fsp3) is 0.222. The maximum absolute atomic E-state index is 12.5. The summed E-state index contributed by atoms with van der Waals surface area (Å²) >= 11 is 0. The topological polar surface area (TPSA) is 89.5 Å². The van der Waals surface area contributed by atoms with Crippen LogP contribution in [0.5, 0.6) is 0 Å². The molecule has 1 saturated heterocycles. The summed E-state index contributed by atoms with van der Waals surface area (Å²) in [5, 5.41) is 9.82. The Labute approximate surface area is 202 Å². The summed E-state index contributed by atoms with van der Waals surface area (Å²) in [6.45, 7) is 2.68. The number of hydrogen-bond donors (Lipinski definition) is 1. The first kappa shape index (κ1) is 22.6. The van der Waals surface area contributed by atoms with Crippen molar-refractivity contribution in [2.45, 2.75) is 18.9 Å². The number of nitrogens with zero attached hydrogens (tertiary/aromatic N) is 2. The molecule has 3 aromatic carbocycles. The highest BCUT2D eigenvalue weighted by molar-refractivity contribution is 6.05. The van der Waals surface area contributed by atoms with Crippen LogP contribution in [-0.2, 0) is 23.9 Å². The number of benzene rings is 3. The van der Waals surface area contributed by atoms with Crippen molar-refractivity contribution in [3.8, 4) is 11.1 Å². The van der Waals surface area contributed by atoms with Crippen molar-refractivity contribution < 1.29 is 23.9 Å². The van der Waals surface area contributed by atoms with Gasteiger partial charge in [0.05, 0.1) is 0 Å². The van der Waals surface area contributed by atoms with Crippen LogP contribution in [0.3, 0.4) is 0 Å². The van der Waals surface area contributed by atoms with E-state index in [0.717, 1.165) is 39.6 Å². The molecule has 0 radical (unpaired) electrons. The molecule has 1 fully saturated rings. The van der Waals surface area contributed by atoms with Gasteiger partial charge in [0.2, 0.25) is 0 Å². The molecular weight excluding hydrogens is 446 g/mol. The molecule has 1 atom stereocenters. The summed E-state index contributed by atoms with van der Waals surface area (Å²) < 4.78 is 11.5. The molecule has 1 spiro atoms. The Kier molecular flexibility index (Phi) is 5.96. The standard InChI is InChI=1S/C27H25N3O5/c1-18-27(34-24(31)13-14-25(32)35-27)30(16-15-28-18)26(29-33-2)23-10-6-5-9-22(23)21-12-11-19-7-3-4-8-20(19)17-21/h3-14,17-18,28H,15-16H2,1-2H3/b29-26-. The highest BCUT2D eigenvalue weighted by Crippen LogP contribution is 2.34. The lowest BCUT2D eigenvalue weighted by Gasteiger charge is -2.48. The molecule has 5 rings (SSSR count). The lowest BCUT2D eigenvalue weighted by Crippen LogP contribution is -2.70. The molecule has 3 aromatic rings. The third-order valence-corrected chi connectivity index (χ3v) is 6.22. The summed E-state index contributed by atoms with van der Waals surface area (Å²) in [6, 6.07) is 21.6. The SMILES string of the molecule is CO/N=C(/c1ccccc1-c1ccc2ccccc2c1)N1CCNC(C)C12OC(=O)C=CC(=O)O2. The molecule has 1 N–H and O–H groups in total. The van der Waals surface area contributed by atoms with E-state index in [0.29, 0.717) is 18.9 Å². The number of piperazine rings is 1. The van der Waals surface area contributed by atoms with Crippen LogP contribution in [0.4, 0.5) is 0 Å². The molecule has 0 amide bonds. The van der Waals surface area contributed by atoms with Gasteiger partial charge in [-0.3, -0.25) is 4.90 Å². The number of carbonyl (C=O) groups excluding carboxylic acids is 2. The molecule has 35 heavy (non-hydrogen) atoms. The Balaban J connectivity index is 1.65. The Hall–Kier alpha value is -4.17. The zero-order chi connectivity index (χ0) is 24.4. The monoisotopic (exact) mass is 471 g/mol. The van der Waals surface area contributed by atoms with E-state index in [4.69, 9.17) is 14.3 Å². The third-order valence-electron chi connectivity index (χ3n) is 6.22. The van der Waals surface area contributed by atoms with Crippen LogP contribution in [-0.4, -0.2) is 54.8 Å². The predicted octanol–water partition coefficient (Wildman–Crippen LogP) is 3.42.